The largest absolute Gasteiger partial charge is 0.484 e. The second kappa shape index (κ2) is 10.0. The number of ether oxygens (including phenoxy) is 1. The van der Waals surface area contributed by atoms with Gasteiger partial charge >= 0.3 is 12.1 Å². The molecule has 2 heterocycles. The van der Waals surface area contributed by atoms with Crippen LogP contribution in [0.25, 0.3) is 0 Å². The van der Waals surface area contributed by atoms with Gasteiger partial charge < -0.3 is 9.84 Å². The van der Waals surface area contributed by atoms with E-state index in [1.807, 2.05) is 13.0 Å². The predicted molar refractivity (Wildman–Crippen MR) is 136 cm³/mol. The quantitative estimate of drug-likeness (QED) is 0.374. The van der Waals surface area contributed by atoms with Gasteiger partial charge in [0, 0.05) is 30.1 Å². The number of hydrogen-bond acceptors (Lipinski definition) is 3. The van der Waals surface area contributed by atoms with E-state index in [2.05, 4.69) is 4.90 Å². The van der Waals surface area contributed by atoms with Crippen LogP contribution in [0.15, 0.2) is 30.3 Å². The Morgan fingerprint density at radius 3 is 2.39 bits per heavy atom. The van der Waals surface area contributed by atoms with Crippen LogP contribution in [0.3, 0.4) is 0 Å². The number of nitrogens with zero attached hydrogens (tertiary/aromatic N) is 1. The first-order valence-corrected chi connectivity index (χ1v) is 13.6. The van der Waals surface area contributed by atoms with Gasteiger partial charge in [0.1, 0.15) is 5.60 Å². The fourth-order valence-corrected chi connectivity index (χ4v) is 6.53. The molecule has 38 heavy (non-hydrogen) atoms. The maximum absolute atomic E-state index is 15.9. The third-order valence-corrected chi connectivity index (χ3v) is 9.17. The summed E-state index contributed by atoms with van der Waals surface area (Å²) in [5.41, 5.74) is 0.358. The number of carboxylic acid groups (broad SMARTS) is 1. The maximum atomic E-state index is 15.9. The summed E-state index contributed by atoms with van der Waals surface area (Å²) in [7, 11) is 0. The first-order chi connectivity index (χ1) is 17.9. The molecule has 1 saturated carbocycles. The fourth-order valence-electron chi connectivity index (χ4n) is 6.25. The number of rotatable bonds is 6. The standard InChI is InChI=1S/C29H32ClF4NO3/c1-16(27(36)37)24(18-3-4-18)21-7-5-19-9-10-28(38-26(19)25(21)31)11-13-35(14-12-28)17(2)22-15-20(29(32,33)34)6-8-23(22)30/h5-8,15-18,24H,3-4,9-14H2,1-2H3,(H,36,37)/t16-,17+,24?/m0/s1. The first-order valence-electron chi connectivity index (χ1n) is 13.2. The van der Waals surface area contributed by atoms with Crippen LogP contribution in [0, 0.1) is 17.7 Å². The Kier molecular flexibility index (Phi) is 7.18. The molecule has 0 amide bonds. The molecule has 1 saturated heterocycles. The van der Waals surface area contributed by atoms with Gasteiger partial charge in [-0.05, 0) is 86.3 Å². The SMILES string of the molecule is C[C@H](C(=O)O)C(c1ccc2c(c1F)OC1(CC2)CCN([C@H](C)c2cc(C(F)(F)F)ccc2Cl)CC1)C1CC1. The van der Waals surface area contributed by atoms with Crippen LogP contribution in [0.1, 0.15) is 80.2 Å². The monoisotopic (exact) mass is 553 g/mol. The van der Waals surface area contributed by atoms with Crippen LogP contribution >= 0.6 is 11.6 Å². The van der Waals surface area contributed by atoms with E-state index >= 15 is 4.39 Å². The number of carboxylic acids is 1. The lowest BCUT2D eigenvalue weighted by molar-refractivity contribution is -0.142. The number of hydrogen-bond donors (Lipinski definition) is 1. The molecule has 5 rings (SSSR count). The second-order valence-electron chi connectivity index (χ2n) is 11.2. The summed E-state index contributed by atoms with van der Waals surface area (Å²) >= 11 is 6.29. The Bertz CT molecular complexity index is 1220. The summed E-state index contributed by atoms with van der Waals surface area (Å²) in [6.07, 6.45) is -0.0602. The number of piperidine rings is 1. The number of carbonyl (C=O) groups is 1. The third kappa shape index (κ3) is 5.14. The number of aryl methyl sites for hydroxylation is 1. The maximum Gasteiger partial charge on any atom is 0.416 e. The topological polar surface area (TPSA) is 49.8 Å². The zero-order valence-corrected chi connectivity index (χ0v) is 22.2. The molecule has 4 nitrogen and oxygen atoms in total. The summed E-state index contributed by atoms with van der Waals surface area (Å²) < 4.78 is 62.2. The van der Waals surface area contributed by atoms with E-state index in [0.29, 0.717) is 48.5 Å². The Morgan fingerprint density at radius 1 is 1.11 bits per heavy atom. The molecule has 1 aliphatic carbocycles. The van der Waals surface area contributed by atoms with Gasteiger partial charge in [0.25, 0.3) is 0 Å². The van der Waals surface area contributed by atoms with Crippen LogP contribution in [-0.4, -0.2) is 34.7 Å². The molecule has 2 aromatic rings. The van der Waals surface area contributed by atoms with Gasteiger partial charge in [0.15, 0.2) is 11.6 Å². The zero-order chi connectivity index (χ0) is 27.4. The zero-order valence-electron chi connectivity index (χ0n) is 21.5. The van der Waals surface area contributed by atoms with Crippen molar-refractivity contribution in [2.24, 2.45) is 11.8 Å². The van der Waals surface area contributed by atoms with Crippen molar-refractivity contribution in [3.63, 3.8) is 0 Å². The Labute approximate surface area is 224 Å². The average molecular weight is 554 g/mol. The van der Waals surface area contributed by atoms with E-state index in [0.717, 1.165) is 37.0 Å². The average Bonchev–Trinajstić information content (AvgIpc) is 3.71. The number of halogens is 5. The molecule has 206 valence electrons. The molecule has 2 aromatic carbocycles. The van der Waals surface area contributed by atoms with Crippen molar-refractivity contribution < 1.29 is 32.2 Å². The molecule has 0 aromatic heterocycles. The van der Waals surface area contributed by atoms with Crippen molar-refractivity contribution in [2.45, 2.75) is 76.1 Å². The van der Waals surface area contributed by atoms with Crippen molar-refractivity contribution >= 4 is 17.6 Å². The normalized spacial score (nSPS) is 21.9. The van der Waals surface area contributed by atoms with Gasteiger partial charge in [-0.2, -0.15) is 13.2 Å². The fraction of sp³-hybridized carbons (Fsp3) is 0.552. The number of benzene rings is 2. The molecular formula is C29H32ClF4NO3. The molecule has 2 aliphatic heterocycles. The number of alkyl halides is 3. The van der Waals surface area contributed by atoms with Crippen LogP contribution < -0.4 is 4.74 Å². The van der Waals surface area contributed by atoms with Crippen LogP contribution in [0.2, 0.25) is 5.02 Å². The van der Waals surface area contributed by atoms with E-state index in [9.17, 15) is 23.1 Å². The van der Waals surface area contributed by atoms with Crippen molar-refractivity contribution in [1.29, 1.82) is 0 Å². The molecule has 1 spiro atoms. The van der Waals surface area contributed by atoms with E-state index in [1.54, 1.807) is 13.0 Å². The first kappa shape index (κ1) is 27.3. The summed E-state index contributed by atoms with van der Waals surface area (Å²) in [6, 6.07) is 6.70. The molecule has 2 fully saturated rings. The van der Waals surface area contributed by atoms with Gasteiger partial charge in [-0.1, -0.05) is 30.7 Å². The minimum atomic E-state index is -4.45. The van der Waals surface area contributed by atoms with Crippen molar-refractivity contribution in [3.8, 4) is 5.75 Å². The highest BCUT2D eigenvalue weighted by molar-refractivity contribution is 6.31. The lowest BCUT2D eigenvalue weighted by Gasteiger charge is -2.46. The smallest absolute Gasteiger partial charge is 0.416 e. The van der Waals surface area contributed by atoms with E-state index in [1.165, 1.54) is 6.07 Å². The Balaban J connectivity index is 1.33. The van der Waals surface area contributed by atoms with Crippen molar-refractivity contribution in [2.75, 3.05) is 13.1 Å². The van der Waals surface area contributed by atoms with Crippen LogP contribution in [0.4, 0.5) is 17.6 Å². The molecule has 1 unspecified atom stereocenters. The third-order valence-electron chi connectivity index (χ3n) is 8.82. The van der Waals surface area contributed by atoms with Crippen molar-refractivity contribution in [1.82, 2.24) is 4.90 Å². The molecule has 1 N–H and O–H groups in total. The highest BCUT2D eigenvalue weighted by atomic mass is 35.5. The Morgan fingerprint density at radius 2 is 1.79 bits per heavy atom. The molecular weight excluding hydrogens is 522 g/mol. The predicted octanol–water partition coefficient (Wildman–Crippen LogP) is 7.63. The molecule has 0 bridgehead atoms. The molecule has 9 heteroatoms. The minimum Gasteiger partial charge on any atom is -0.484 e. The van der Waals surface area contributed by atoms with E-state index in [-0.39, 0.29) is 23.6 Å². The van der Waals surface area contributed by atoms with Gasteiger partial charge in [-0.25, -0.2) is 4.39 Å². The van der Waals surface area contributed by atoms with Gasteiger partial charge in [0.2, 0.25) is 0 Å². The van der Waals surface area contributed by atoms with Gasteiger partial charge in [0.05, 0.1) is 11.5 Å². The highest BCUT2D eigenvalue weighted by Gasteiger charge is 2.44. The number of aliphatic carboxylic acids is 1. The molecule has 3 aliphatic rings. The molecule has 3 atom stereocenters. The highest BCUT2D eigenvalue weighted by Crippen LogP contribution is 2.50. The summed E-state index contributed by atoms with van der Waals surface area (Å²) in [5.74, 6) is -2.06. The lowest BCUT2D eigenvalue weighted by atomic mass is 9.79. The van der Waals surface area contributed by atoms with E-state index < -0.39 is 35.0 Å². The molecule has 0 radical (unpaired) electrons. The summed E-state index contributed by atoms with van der Waals surface area (Å²) in [4.78, 5) is 13.8. The van der Waals surface area contributed by atoms with E-state index in [4.69, 9.17) is 16.3 Å². The van der Waals surface area contributed by atoms with Crippen molar-refractivity contribution in [3.05, 3.63) is 63.4 Å². The van der Waals surface area contributed by atoms with Gasteiger partial charge in [-0.3, -0.25) is 9.69 Å². The number of likely N-dealkylation sites (tertiary alicyclic amines) is 1. The van der Waals surface area contributed by atoms with Gasteiger partial charge in [-0.15, -0.1) is 0 Å². The summed E-state index contributed by atoms with van der Waals surface area (Å²) in [6.45, 7) is 4.64. The summed E-state index contributed by atoms with van der Waals surface area (Å²) in [5, 5.41) is 9.92. The lowest BCUT2D eigenvalue weighted by Crippen LogP contribution is -2.50. The number of fused-ring (bicyclic) bond motifs is 1. The Hall–Kier alpha value is -2.32. The van der Waals surface area contributed by atoms with Crippen LogP contribution in [0.5, 0.6) is 5.75 Å². The van der Waals surface area contributed by atoms with Crippen LogP contribution in [-0.2, 0) is 17.4 Å². The second-order valence-corrected chi connectivity index (χ2v) is 11.6. The minimum absolute atomic E-state index is 0.165.